The second kappa shape index (κ2) is 5.22. The lowest BCUT2D eigenvalue weighted by atomic mass is 10.1. The van der Waals surface area contributed by atoms with E-state index in [1.54, 1.807) is 6.20 Å². The molecular formula is C12H15NO. The van der Waals surface area contributed by atoms with E-state index in [1.807, 2.05) is 0 Å². The van der Waals surface area contributed by atoms with Gasteiger partial charge in [-0.2, -0.15) is 0 Å². The van der Waals surface area contributed by atoms with Crippen molar-refractivity contribution < 1.29 is 4.79 Å². The molecule has 0 heterocycles. The molecule has 1 rings (SSSR count). The van der Waals surface area contributed by atoms with Crippen LogP contribution in [0.3, 0.4) is 0 Å². The average Bonchev–Trinajstić information content (AvgIpc) is 2.15. The molecule has 0 spiro atoms. The third-order valence-corrected chi connectivity index (χ3v) is 1.86. The Morgan fingerprint density at radius 1 is 1.36 bits per heavy atom. The zero-order valence-electron chi connectivity index (χ0n) is 8.58. The predicted octanol–water partition coefficient (Wildman–Crippen LogP) is 2.19. The number of hydrogen-bond donors (Lipinski definition) is 1. The Bertz CT molecular complexity index is 325. The number of ketones is 1. The Morgan fingerprint density at radius 3 is 2.57 bits per heavy atom. The summed E-state index contributed by atoms with van der Waals surface area (Å²) in [5, 5.41) is 3.05. The fourth-order valence-corrected chi connectivity index (χ4v) is 1.06. The highest BCUT2D eigenvalue weighted by Gasteiger charge is 1.89. The molecule has 0 aliphatic carbocycles. The molecule has 0 aliphatic rings. The molecule has 0 radical (unpaired) electrons. The molecule has 2 nitrogen and oxygen atoms in total. The van der Waals surface area contributed by atoms with Crippen molar-refractivity contribution >= 4 is 5.78 Å². The van der Waals surface area contributed by atoms with Gasteiger partial charge in [-0.15, -0.1) is 0 Å². The van der Waals surface area contributed by atoms with E-state index < -0.39 is 0 Å². The predicted molar refractivity (Wildman–Crippen MR) is 57.8 cm³/mol. The third kappa shape index (κ3) is 3.90. The summed E-state index contributed by atoms with van der Waals surface area (Å²) >= 11 is 0. The number of hydrogen-bond acceptors (Lipinski definition) is 2. The molecular weight excluding hydrogens is 174 g/mol. The van der Waals surface area contributed by atoms with Crippen molar-refractivity contribution in [3.63, 3.8) is 0 Å². The summed E-state index contributed by atoms with van der Waals surface area (Å²) in [5.41, 5.74) is 2.47. The van der Waals surface area contributed by atoms with Crippen LogP contribution in [0.1, 0.15) is 18.1 Å². The molecule has 1 N–H and O–H groups in total. The van der Waals surface area contributed by atoms with Crippen molar-refractivity contribution in [3.8, 4) is 0 Å². The van der Waals surface area contributed by atoms with Gasteiger partial charge in [0.15, 0.2) is 5.78 Å². The monoisotopic (exact) mass is 189 g/mol. The molecule has 0 aliphatic heterocycles. The van der Waals surface area contributed by atoms with Crippen LogP contribution in [0.2, 0.25) is 0 Å². The topological polar surface area (TPSA) is 29.1 Å². The van der Waals surface area contributed by atoms with Gasteiger partial charge in [0.05, 0.1) is 0 Å². The van der Waals surface area contributed by atoms with E-state index in [0.717, 1.165) is 6.54 Å². The largest absolute Gasteiger partial charge is 0.387 e. The fraction of sp³-hybridized carbons (Fsp3) is 0.250. The minimum absolute atomic E-state index is 0.0569. The van der Waals surface area contributed by atoms with Crippen molar-refractivity contribution in [2.45, 2.75) is 20.4 Å². The molecule has 0 fully saturated rings. The molecule has 14 heavy (non-hydrogen) atoms. The minimum atomic E-state index is 0.0569. The number of rotatable bonds is 4. The van der Waals surface area contributed by atoms with Crippen molar-refractivity contribution in [2.75, 3.05) is 0 Å². The highest BCUT2D eigenvalue weighted by molar-refractivity contribution is 5.87. The van der Waals surface area contributed by atoms with Gasteiger partial charge in [0.2, 0.25) is 0 Å². The lowest BCUT2D eigenvalue weighted by Crippen LogP contribution is -2.04. The van der Waals surface area contributed by atoms with Crippen LogP contribution in [0, 0.1) is 6.92 Å². The Balaban J connectivity index is 2.39. The highest BCUT2D eigenvalue weighted by Crippen LogP contribution is 2.02. The van der Waals surface area contributed by atoms with E-state index in [0.29, 0.717) is 0 Å². The molecule has 1 aromatic carbocycles. The van der Waals surface area contributed by atoms with Crippen LogP contribution in [0.25, 0.3) is 0 Å². The maximum atomic E-state index is 10.6. The lowest BCUT2D eigenvalue weighted by molar-refractivity contribution is -0.112. The van der Waals surface area contributed by atoms with E-state index in [2.05, 4.69) is 36.5 Å². The van der Waals surface area contributed by atoms with Crippen LogP contribution in [0.4, 0.5) is 0 Å². The van der Waals surface area contributed by atoms with Gasteiger partial charge in [-0.1, -0.05) is 29.8 Å². The first-order valence-electron chi connectivity index (χ1n) is 4.64. The molecule has 0 amide bonds. The Labute approximate surface area is 84.6 Å². The van der Waals surface area contributed by atoms with Crippen LogP contribution in [-0.4, -0.2) is 5.78 Å². The van der Waals surface area contributed by atoms with E-state index in [4.69, 9.17) is 0 Å². The van der Waals surface area contributed by atoms with Crippen LogP contribution >= 0.6 is 0 Å². The first kappa shape index (κ1) is 10.5. The molecule has 0 aromatic heterocycles. The molecule has 2 heteroatoms. The summed E-state index contributed by atoms with van der Waals surface area (Å²) in [6.45, 7) is 4.35. The van der Waals surface area contributed by atoms with Crippen LogP contribution in [0.5, 0.6) is 0 Å². The van der Waals surface area contributed by atoms with E-state index >= 15 is 0 Å². The molecule has 0 atom stereocenters. The van der Waals surface area contributed by atoms with Crippen molar-refractivity contribution in [3.05, 3.63) is 47.7 Å². The standard InChI is InChI=1S/C12H15NO/c1-10-3-5-12(6-4-10)9-13-8-7-11(2)14/h3-8,13H,9H2,1-2H3. The number of allylic oxidation sites excluding steroid dienone is 1. The van der Waals surface area contributed by atoms with Gasteiger partial charge in [0.25, 0.3) is 0 Å². The van der Waals surface area contributed by atoms with Crippen LogP contribution < -0.4 is 5.32 Å². The van der Waals surface area contributed by atoms with Gasteiger partial charge >= 0.3 is 0 Å². The first-order valence-corrected chi connectivity index (χ1v) is 4.64. The Hall–Kier alpha value is -1.57. The van der Waals surface area contributed by atoms with Gasteiger partial charge in [-0.05, 0) is 25.5 Å². The maximum Gasteiger partial charge on any atom is 0.154 e. The van der Waals surface area contributed by atoms with Crippen LogP contribution in [0.15, 0.2) is 36.5 Å². The molecule has 0 unspecified atom stereocenters. The van der Waals surface area contributed by atoms with Gasteiger partial charge in [-0.25, -0.2) is 0 Å². The first-order chi connectivity index (χ1) is 6.68. The zero-order valence-corrected chi connectivity index (χ0v) is 8.58. The highest BCUT2D eigenvalue weighted by atomic mass is 16.1. The third-order valence-electron chi connectivity index (χ3n) is 1.86. The lowest BCUT2D eigenvalue weighted by Gasteiger charge is -2.01. The SMILES string of the molecule is CC(=O)C=CNCc1ccc(C)cc1. The Kier molecular flexibility index (Phi) is 3.92. The zero-order chi connectivity index (χ0) is 10.4. The average molecular weight is 189 g/mol. The molecule has 74 valence electrons. The van der Waals surface area contributed by atoms with Crippen LogP contribution in [-0.2, 0) is 11.3 Å². The molecule has 0 bridgehead atoms. The number of benzene rings is 1. The Morgan fingerprint density at radius 2 is 2.00 bits per heavy atom. The summed E-state index contributed by atoms with van der Waals surface area (Å²) in [4.78, 5) is 10.6. The van der Waals surface area contributed by atoms with Gasteiger partial charge in [0, 0.05) is 12.7 Å². The number of nitrogens with one attached hydrogen (secondary N) is 1. The summed E-state index contributed by atoms with van der Waals surface area (Å²) in [5.74, 6) is 0.0569. The van der Waals surface area contributed by atoms with Gasteiger partial charge in [-0.3, -0.25) is 4.79 Å². The molecule has 0 saturated heterocycles. The van der Waals surface area contributed by atoms with E-state index in [1.165, 1.54) is 24.1 Å². The number of carbonyl (C=O) groups excluding carboxylic acids is 1. The summed E-state index contributed by atoms with van der Waals surface area (Å²) in [7, 11) is 0. The molecule has 1 aromatic rings. The van der Waals surface area contributed by atoms with E-state index in [-0.39, 0.29) is 5.78 Å². The summed E-state index contributed by atoms with van der Waals surface area (Å²) in [6, 6.07) is 8.30. The fourth-order valence-electron chi connectivity index (χ4n) is 1.06. The second-order valence-electron chi connectivity index (χ2n) is 3.31. The molecule has 0 saturated carbocycles. The minimum Gasteiger partial charge on any atom is -0.387 e. The normalized spacial score (nSPS) is 10.4. The quantitative estimate of drug-likeness (QED) is 0.735. The number of aryl methyl sites for hydroxylation is 1. The van der Waals surface area contributed by atoms with Gasteiger partial charge in [0.1, 0.15) is 0 Å². The van der Waals surface area contributed by atoms with Crippen molar-refractivity contribution in [2.24, 2.45) is 0 Å². The second-order valence-corrected chi connectivity index (χ2v) is 3.31. The summed E-state index contributed by atoms with van der Waals surface area (Å²) in [6.07, 6.45) is 3.20. The summed E-state index contributed by atoms with van der Waals surface area (Å²) < 4.78 is 0. The van der Waals surface area contributed by atoms with Crippen molar-refractivity contribution in [1.29, 1.82) is 0 Å². The van der Waals surface area contributed by atoms with E-state index in [9.17, 15) is 4.79 Å². The maximum absolute atomic E-state index is 10.6. The van der Waals surface area contributed by atoms with Crippen molar-refractivity contribution in [1.82, 2.24) is 5.32 Å². The number of carbonyl (C=O) groups is 1. The van der Waals surface area contributed by atoms with Gasteiger partial charge < -0.3 is 5.32 Å². The smallest absolute Gasteiger partial charge is 0.154 e.